The molecule has 3 rings (SSSR count). The van der Waals surface area contributed by atoms with Crippen LogP contribution >= 0.6 is 22.9 Å². The molecule has 20 heavy (non-hydrogen) atoms. The molecule has 0 spiro atoms. The summed E-state index contributed by atoms with van der Waals surface area (Å²) >= 11 is 7.66. The minimum atomic E-state index is -0.142. The minimum Gasteiger partial charge on any atom is -0.348 e. The van der Waals surface area contributed by atoms with Crippen molar-refractivity contribution in [3.8, 4) is 0 Å². The first kappa shape index (κ1) is 13.1. The average Bonchev–Trinajstić information content (AvgIpc) is 2.99. The Kier molecular flexibility index (Phi) is 3.67. The third-order valence-electron chi connectivity index (χ3n) is 3.02. The summed E-state index contributed by atoms with van der Waals surface area (Å²) in [7, 11) is 0. The van der Waals surface area contributed by atoms with Crippen LogP contribution in [0.25, 0.3) is 10.8 Å². The largest absolute Gasteiger partial charge is 0.348 e. The molecule has 0 aliphatic rings. The Hall–Kier alpha value is -1.91. The summed E-state index contributed by atoms with van der Waals surface area (Å²) in [6, 6.07) is 9.49. The second-order valence-corrected chi connectivity index (χ2v) is 5.46. The predicted octanol–water partition coefficient (Wildman–Crippen LogP) is 3.88. The van der Waals surface area contributed by atoms with Gasteiger partial charge in [0.1, 0.15) is 5.15 Å². The van der Waals surface area contributed by atoms with E-state index in [1.807, 2.05) is 41.1 Å². The van der Waals surface area contributed by atoms with E-state index in [2.05, 4.69) is 10.3 Å². The van der Waals surface area contributed by atoms with E-state index < -0.39 is 0 Å². The third kappa shape index (κ3) is 2.53. The van der Waals surface area contributed by atoms with Gasteiger partial charge in [-0.2, -0.15) is 11.3 Å². The van der Waals surface area contributed by atoms with E-state index in [0.717, 1.165) is 16.3 Å². The van der Waals surface area contributed by atoms with Gasteiger partial charge in [0.15, 0.2) is 0 Å². The SMILES string of the molecule is O=C(NCc1ccsc1)c1cnc(Cl)c2ccccc12. The Morgan fingerprint density at radius 1 is 1.25 bits per heavy atom. The van der Waals surface area contributed by atoms with Gasteiger partial charge >= 0.3 is 0 Å². The number of pyridine rings is 1. The van der Waals surface area contributed by atoms with E-state index in [9.17, 15) is 4.79 Å². The first-order valence-corrected chi connectivity index (χ1v) is 7.40. The zero-order valence-corrected chi connectivity index (χ0v) is 12.0. The van der Waals surface area contributed by atoms with E-state index >= 15 is 0 Å². The lowest BCUT2D eigenvalue weighted by Crippen LogP contribution is -2.23. The van der Waals surface area contributed by atoms with E-state index in [4.69, 9.17) is 11.6 Å². The van der Waals surface area contributed by atoms with Gasteiger partial charge in [0.2, 0.25) is 0 Å². The number of fused-ring (bicyclic) bond motifs is 1. The van der Waals surface area contributed by atoms with Crippen molar-refractivity contribution in [3.63, 3.8) is 0 Å². The normalized spacial score (nSPS) is 10.7. The van der Waals surface area contributed by atoms with Crippen LogP contribution < -0.4 is 5.32 Å². The van der Waals surface area contributed by atoms with E-state index in [1.165, 1.54) is 6.20 Å². The Balaban J connectivity index is 1.90. The maximum atomic E-state index is 12.3. The Labute approximate surface area is 125 Å². The Morgan fingerprint density at radius 3 is 2.80 bits per heavy atom. The van der Waals surface area contributed by atoms with Gasteiger partial charge in [-0.15, -0.1) is 0 Å². The molecular weight excluding hydrogens is 292 g/mol. The number of hydrogen-bond donors (Lipinski definition) is 1. The van der Waals surface area contributed by atoms with Crippen molar-refractivity contribution in [2.24, 2.45) is 0 Å². The average molecular weight is 303 g/mol. The van der Waals surface area contributed by atoms with Crippen molar-refractivity contribution in [1.29, 1.82) is 0 Å². The van der Waals surface area contributed by atoms with E-state index in [-0.39, 0.29) is 5.91 Å². The summed E-state index contributed by atoms with van der Waals surface area (Å²) < 4.78 is 0. The molecular formula is C15H11ClN2OS. The van der Waals surface area contributed by atoms with Crippen molar-refractivity contribution in [1.82, 2.24) is 10.3 Å². The lowest BCUT2D eigenvalue weighted by molar-refractivity contribution is 0.0952. The molecule has 0 fully saturated rings. The van der Waals surface area contributed by atoms with Crippen molar-refractivity contribution in [3.05, 3.63) is 63.6 Å². The van der Waals surface area contributed by atoms with Gasteiger partial charge in [0.25, 0.3) is 5.91 Å². The number of carbonyl (C=O) groups excluding carboxylic acids is 1. The zero-order chi connectivity index (χ0) is 13.9. The van der Waals surface area contributed by atoms with Crippen molar-refractivity contribution < 1.29 is 4.79 Å². The van der Waals surface area contributed by atoms with Crippen LogP contribution in [0.4, 0.5) is 0 Å². The van der Waals surface area contributed by atoms with Gasteiger partial charge in [-0.1, -0.05) is 35.9 Å². The molecule has 0 radical (unpaired) electrons. The molecule has 2 heterocycles. The lowest BCUT2D eigenvalue weighted by atomic mass is 10.1. The minimum absolute atomic E-state index is 0.142. The van der Waals surface area contributed by atoms with Crippen molar-refractivity contribution in [2.45, 2.75) is 6.54 Å². The zero-order valence-electron chi connectivity index (χ0n) is 10.5. The molecule has 1 amide bonds. The number of nitrogens with one attached hydrogen (secondary N) is 1. The maximum absolute atomic E-state index is 12.3. The monoisotopic (exact) mass is 302 g/mol. The molecule has 0 saturated heterocycles. The molecule has 5 heteroatoms. The van der Waals surface area contributed by atoms with Crippen LogP contribution in [0, 0.1) is 0 Å². The number of carbonyl (C=O) groups is 1. The van der Waals surface area contributed by atoms with Crippen LogP contribution in [-0.4, -0.2) is 10.9 Å². The number of nitrogens with zero attached hydrogens (tertiary/aromatic N) is 1. The number of benzene rings is 1. The Bertz CT molecular complexity index is 756. The highest BCUT2D eigenvalue weighted by Gasteiger charge is 2.12. The molecule has 0 unspecified atom stereocenters. The molecule has 0 bridgehead atoms. The second kappa shape index (κ2) is 5.61. The molecule has 1 N–H and O–H groups in total. The van der Waals surface area contributed by atoms with Crippen LogP contribution in [0.3, 0.4) is 0 Å². The fourth-order valence-electron chi connectivity index (χ4n) is 2.01. The standard InChI is InChI=1S/C15H11ClN2OS/c16-14-12-4-2-1-3-11(12)13(8-17-14)15(19)18-7-10-5-6-20-9-10/h1-6,8-9H,7H2,(H,18,19). The van der Waals surface area contributed by atoms with E-state index in [0.29, 0.717) is 17.3 Å². The molecule has 100 valence electrons. The highest BCUT2D eigenvalue weighted by Crippen LogP contribution is 2.24. The van der Waals surface area contributed by atoms with Crippen LogP contribution in [0.5, 0.6) is 0 Å². The van der Waals surface area contributed by atoms with Gasteiger partial charge in [0, 0.05) is 18.1 Å². The highest BCUT2D eigenvalue weighted by molar-refractivity contribution is 7.07. The van der Waals surface area contributed by atoms with Gasteiger partial charge in [-0.3, -0.25) is 4.79 Å². The van der Waals surface area contributed by atoms with Crippen LogP contribution in [0.15, 0.2) is 47.3 Å². The summed E-state index contributed by atoms with van der Waals surface area (Å²) in [5.41, 5.74) is 1.63. The molecule has 0 atom stereocenters. The molecule has 1 aromatic carbocycles. The maximum Gasteiger partial charge on any atom is 0.253 e. The van der Waals surface area contributed by atoms with Gasteiger partial charge < -0.3 is 5.32 Å². The van der Waals surface area contributed by atoms with Gasteiger partial charge in [0.05, 0.1) is 5.56 Å². The van der Waals surface area contributed by atoms with E-state index in [1.54, 1.807) is 11.3 Å². The summed E-state index contributed by atoms with van der Waals surface area (Å²) in [6.07, 6.45) is 1.52. The Morgan fingerprint density at radius 2 is 2.05 bits per heavy atom. The van der Waals surface area contributed by atoms with Crippen LogP contribution in [0.1, 0.15) is 15.9 Å². The van der Waals surface area contributed by atoms with Crippen LogP contribution in [0.2, 0.25) is 5.15 Å². The lowest BCUT2D eigenvalue weighted by Gasteiger charge is -2.08. The summed E-state index contributed by atoms with van der Waals surface area (Å²) in [5.74, 6) is -0.142. The first-order chi connectivity index (χ1) is 9.75. The predicted molar refractivity (Wildman–Crippen MR) is 82.2 cm³/mol. The fourth-order valence-corrected chi connectivity index (χ4v) is 2.89. The summed E-state index contributed by atoms with van der Waals surface area (Å²) in [6.45, 7) is 0.513. The third-order valence-corrected chi connectivity index (χ3v) is 4.06. The topological polar surface area (TPSA) is 42.0 Å². The van der Waals surface area contributed by atoms with Crippen molar-refractivity contribution >= 4 is 39.6 Å². The molecule has 0 aliphatic heterocycles. The van der Waals surface area contributed by atoms with Gasteiger partial charge in [-0.05, 0) is 27.8 Å². The smallest absolute Gasteiger partial charge is 0.253 e. The quantitative estimate of drug-likeness (QED) is 0.746. The van der Waals surface area contributed by atoms with Crippen molar-refractivity contribution in [2.75, 3.05) is 0 Å². The fraction of sp³-hybridized carbons (Fsp3) is 0.0667. The molecule has 0 aliphatic carbocycles. The number of hydrogen-bond acceptors (Lipinski definition) is 3. The first-order valence-electron chi connectivity index (χ1n) is 6.08. The number of halogens is 1. The number of rotatable bonds is 3. The molecule has 3 nitrogen and oxygen atoms in total. The molecule has 3 aromatic rings. The summed E-state index contributed by atoms with van der Waals surface area (Å²) in [5, 5.41) is 8.91. The molecule has 0 saturated carbocycles. The second-order valence-electron chi connectivity index (χ2n) is 4.32. The number of amides is 1. The number of aromatic nitrogens is 1. The summed E-state index contributed by atoms with van der Waals surface area (Å²) in [4.78, 5) is 16.4. The number of thiophene rings is 1. The molecule has 2 aromatic heterocycles. The van der Waals surface area contributed by atoms with Crippen LogP contribution in [-0.2, 0) is 6.54 Å². The highest BCUT2D eigenvalue weighted by atomic mass is 35.5. The van der Waals surface area contributed by atoms with Gasteiger partial charge in [-0.25, -0.2) is 4.98 Å².